The Balaban J connectivity index is 1.60. The number of carbonyl (C=O) groups excluding carboxylic acids is 1. The van der Waals surface area contributed by atoms with Crippen LogP contribution in [0.25, 0.3) is 0 Å². The first-order valence-electron chi connectivity index (χ1n) is 8.88. The summed E-state index contributed by atoms with van der Waals surface area (Å²) in [5.41, 5.74) is 2.54. The van der Waals surface area contributed by atoms with Gasteiger partial charge in [-0.25, -0.2) is 0 Å². The van der Waals surface area contributed by atoms with Crippen LogP contribution in [0.3, 0.4) is 0 Å². The maximum absolute atomic E-state index is 11.6. The van der Waals surface area contributed by atoms with E-state index in [4.69, 9.17) is 9.47 Å². The van der Waals surface area contributed by atoms with Crippen molar-refractivity contribution in [2.24, 2.45) is 4.99 Å². The number of carbonyl (C=O) groups is 1. The third kappa shape index (κ3) is 4.91. The molecule has 0 aliphatic carbocycles. The molecule has 3 N–H and O–H groups in total. The molecule has 0 spiro atoms. The standard InChI is InChI=1S/C20H24N4O3/c1-21-19(25)15-6-4-14(5-7-15)13-23-20(22-2)24-16-8-9-17-18(12-16)27-11-3-10-26-17/h4-9,12H,3,10-11,13H2,1-2H3,(H,21,25)(H2,22,23,24). The predicted octanol–water partition coefficient (Wildman–Crippen LogP) is 2.39. The number of nitrogens with zero attached hydrogens (tertiary/aromatic N) is 1. The molecule has 0 bridgehead atoms. The van der Waals surface area contributed by atoms with Crippen molar-refractivity contribution < 1.29 is 14.3 Å². The van der Waals surface area contributed by atoms with Crippen LogP contribution in [0.1, 0.15) is 22.3 Å². The molecule has 7 heteroatoms. The molecule has 2 aromatic rings. The molecular weight excluding hydrogens is 344 g/mol. The van der Waals surface area contributed by atoms with Crippen molar-refractivity contribution in [3.63, 3.8) is 0 Å². The molecule has 7 nitrogen and oxygen atoms in total. The fourth-order valence-corrected chi connectivity index (χ4v) is 2.66. The minimum Gasteiger partial charge on any atom is -0.490 e. The Kier molecular flexibility index (Phi) is 6.14. The SMILES string of the molecule is CN=C(NCc1ccc(C(=O)NC)cc1)Nc1ccc2c(c1)OCCCO2. The Hall–Kier alpha value is -3.22. The molecule has 3 rings (SSSR count). The Morgan fingerprint density at radius 1 is 1.07 bits per heavy atom. The summed E-state index contributed by atoms with van der Waals surface area (Å²) in [5, 5.41) is 9.11. The van der Waals surface area contributed by atoms with Crippen LogP contribution < -0.4 is 25.4 Å². The van der Waals surface area contributed by atoms with Gasteiger partial charge in [0.1, 0.15) is 0 Å². The van der Waals surface area contributed by atoms with E-state index in [1.807, 2.05) is 30.3 Å². The Bertz CT molecular complexity index is 818. The second-order valence-corrected chi connectivity index (χ2v) is 6.04. The van der Waals surface area contributed by atoms with E-state index < -0.39 is 0 Å². The molecule has 0 radical (unpaired) electrons. The van der Waals surface area contributed by atoms with Crippen molar-refractivity contribution in [1.82, 2.24) is 10.6 Å². The highest BCUT2D eigenvalue weighted by Gasteiger charge is 2.11. The topological polar surface area (TPSA) is 84.0 Å². The minimum absolute atomic E-state index is 0.0959. The summed E-state index contributed by atoms with van der Waals surface area (Å²) in [6, 6.07) is 13.2. The number of hydrogen-bond donors (Lipinski definition) is 3. The lowest BCUT2D eigenvalue weighted by Gasteiger charge is -2.14. The molecule has 0 saturated carbocycles. The number of amides is 1. The fraction of sp³-hybridized carbons (Fsp3) is 0.300. The first-order chi connectivity index (χ1) is 13.2. The first-order valence-corrected chi connectivity index (χ1v) is 8.88. The number of nitrogens with one attached hydrogen (secondary N) is 3. The van der Waals surface area contributed by atoms with E-state index in [0.717, 1.165) is 29.2 Å². The van der Waals surface area contributed by atoms with Crippen LogP contribution in [-0.4, -0.2) is 39.2 Å². The lowest BCUT2D eigenvalue weighted by molar-refractivity contribution is 0.0963. The van der Waals surface area contributed by atoms with E-state index in [2.05, 4.69) is 20.9 Å². The molecule has 1 amide bonds. The fourth-order valence-electron chi connectivity index (χ4n) is 2.66. The number of anilines is 1. The van der Waals surface area contributed by atoms with Gasteiger partial charge in [0.2, 0.25) is 0 Å². The van der Waals surface area contributed by atoms with Gasteiger partial charge in [-0.3, -0.25) is 9.79 Å². The highest BCUT2D eigenvalue weighted by Crippen LogP contribution is 2.32. The van der Waals surface area contributed by atoms with Crippen molar-refractivity contribution in [1.29, 1.82) is 0 Å². The lowest BCUT2D eigenvalue weighted by atomic mass is 10.1. The van der Waals surface area contributed by atoms with E-state index in [-0.39, 0.29) is 5.91 Å². The zero-order valence-electron chi connectivity index (χ0n) is 15.5. The molecule has 0 fully saturated rings. The number of aliphatic imine (C=N–C) groups is 1. The van der Waals surface area contributed by atoms with Gasteiger partial charge < -0.3 is 25.4 Å². The maximum Gasteiger partial charge on any atom is 0.251 e. The van der Waals surface area contributed by atoms with Crippen LogP contribution in [0.2, 0.25) is 0 Å². The molecular formula is C20H24N4O3. The smallest absolute Gasteiger partial charge is 0.251 e. The van der Waals surface area contributed by atoms with Crippen LogP contribution >= 0.6 is 0 Å². The highest BCUT2D eigenvalue weighted by molar-refractivity contribution is 5.94. The van der Waals surface area contributed by atoms with E-state index in [1.165, 1.54) is 0 Å². The van der Waals surface area contributed by atoms with Gasteiger partial charge in [-0.05, 0) is 29.8 Å². The van der Waals surface area contributed by atoms with Crippen molar-refractivity contribution >= 4 is 17.6 Å². The normalized spacial score (nSPS) is 13.5. The van der Waals surface area contributed by atoms with Gasteiger partial charge in [0.15, 0.2) is 17.5 Å². The zero-order chi connectivity index (χ0) is 19.1. The van der Waals surface area contributed by atoms with Gasteiger partial charge in [-0.1, -0.05) is 12.1 Å². The minimum atomic E-state index is -0.0959. The quantitative estimate of drug-likeness (QED) is 0.570. The second kappa shape index (κ2) is 8.93. The van der Waals surface area contributed by atoms with Crippen LogP contribution in [0.5, 0.6) is 11.5 Å². The number of rotatable bonds is 4. The number of ether oxygens (including phenoxy) is 2. The Morgan fingerprint density at radius 3 is 2.52 bits per heavy atom. The molecule has 0 atom stereocenters. The summed E-state index contributed by atoms with van der Waals surface area (Å²) in [5.74, 6) is 2.04. The summed E-state index contributed by atoms with van der Waals surface area (Å²) in [7, 11) is 3.33. The van der Waals surface area contributed by atoms with Gasteiger partial charge in [-0.2, -0.15) is 0 Å². The Morgan fingerprint density at radius 2 is 1.81 bits per heavy atom. The van der Waals surface area contributed by atoms with Gasteiger partial charge in [0.05, 0.1) is 13.2 Å². The Labute approximate surface area is 158 Å². The third-order valence-corrected chi connectivity index (χ3v) is 4.14. The highest BCUT2D eigenvalue weighted by atomic mass is 16.5. The largest absolute Gasteiger partial charge is 0.490 e. The average Bonchev–Trinajstić information content (AvgIpc) is 2.95. The van der Waals surface area contributed by atoms with Crippen LogP contribution in [0.4, 0.5) is 5.69 Å². The molecule has 2 aromatic carbocycles. The number of hydrogen-bond acceptors (Lipinski definition) is 4. The summed E-state index contributed by atoms with van der Waals surface area (Å²) in [6.07, 6.45) is 0.874. The summed E-state index contributed by atoms with van der Waals surface area (Å²) < 4.78 is 11.4. The van der Waals surface area contributed by atoms with Crippen LogP contribution in [0, 0.1) is 0 Å². The van der Waals surface area contributed by atoms with Gasteiger partial charge in [0, 0.05) is 44.4 Å². The van der Waals surface area contributed by atoms with Gasteiger partial charge in [0.25, 0.3) is 5.91 Å². The molecule has 1 aliphatic heterocycles. The maximum atomic E-state index is 11.6. The van der Waals surface area contributed by atoms with E-state index in [9.17, 15) is 4.79 Å². The molecule has 1 heterocycles. The van der Waals surface area contributed by atoms with E-state index >= 15 is 0 Å². The van der Waals surface area contributed by atoms with E-state index in [1.54, 1.807) is 26.2 Å². The molecule has 0 aromatic heterocycles. The van der Waals surface area contributed by atoms with Crippen molar-refractivity contribution in [2.45, 2.75) is 13.0 Å². The van der Waals surface area contributed by atoms with Crippen molar-refractivity contribution in [3.05, 3.63) is 53.6 Å². The monoisotopic (exact) mass is 368 g/mol. The average molecular weight is 368 g/mol. The van der Waals surface area contributed by atoms with Crippen molar-refractivity contribution in [2.75, 3.05) is 32.6 Å². The summed E-state index contributed by atoms with van der Waals surface area (Å²) >= 11 is 0. The lowest BCUT2D eigenvalue weighted by Crippen LogP contribution is -2.30. The first kappa shape index (κ1) is 18.6. The number of guanidine groups is 1. The van der Waals surface area contributed by atoms with E-state index in [0.29, 0.717) is 31.3 Å². The molecule has 142 valence electrons. The third-order valence-electron chi connectivity index (χ3n) is 4.14. The summed E-state index contributed by atoms with van der Waals surface area (Å²) in [6.45, 7) is 1.90. The second-order valence-electron chi connectivity index (χ2n) is 6.04. The van der Waals surface area contributed by atoms with Gasteiger partial charge >= 0.3 is 0 Å². The van der Waals surface area contributed by atoms with Crippen LogP contribution in [0.15, 0.2) is 47.5 Å². The zero-order valence-corrected chi connectivity index (χ0v) is 15.5. The molecule has 0 unspecified atom stereocenters. The van der Waals surface area contributed by atoms with Gasteiger partial charge in [-0.15, -0.1) is 0 Å². The molecule has 0 saturated heterocycles. The number of benzene rings is 2. The predicted molar refractivity (Wildman–Crippen MR) is 106 cm³/mol. The van der Waals surface area contributed by atoms with Crippen molar-refractivity contribution in [3.8, 4) is 11.5 Å². The molecule has 27 heavy (non-hydrogen) atoms. The summed E-state index contributed by atoms with van der Waals surface area (Å²) in [4.78, 5) is 15.8. The number of fused-ring (bicyclic) bond motifs is 1. The molecule has 1 aliphatic rings. The van der Waals surface area contributed by atoms with Crippen LogP contribution in [-0.2, 0) is 6.54 Å².